The molecule has 0 bridgehead atoms. The summed E-state index contributed by atoms with van der Waals surface area (Å²) in [5.74, 6) is 0.957. The minimum Gasteiger partial charge on any atom is -0.497 e. The predicted molar refractivity (Wildman–Crippen MR) is 142 cm³/mol. The van der Waals surface area contributed by atoms with Crippen LogP contribution in [0, 0.1) is 0 Å². The van der Waals surface area contributed by atoms with Gasteiger partial charge in [0.1, 0.15) is 11.5 Å². The summed E-state index contributed by atoms with van der Waals surface area (Å²) in [5.41, 5.74) is 1.12. The molecule has 2 aromatic carbocycles. The van der Waals surface area contributed by atoms with Crippen LogP contribution in [-0.4, -0.2) is 59.5 Å². The van der Waals surface area contributed by atoms with Crippen LogP contribution in [0.15, 0.2) is 52.4 Å². The van der Waals surface area contributed by atoms with Crippen molar-refractivity contribution in [2.75, 3.05) is 39.2 Å². The summed E-state index contributed by atoms with van der Waals surface area (Å²) in [5, 5.41) is 3.55. The Hall–Kier alpha value is -3.04. The number of anilines is 1. The number of thioether (sulfide) groups is 1. The summed E-state index contributed by atoms with van der Waals surface area (Å²) >= 11 is 1.28. The SMILES string of the molecule is CCN(CC)CCCn1c(SC(C)C(=O)Nc2cc(OC)cc(OC)c2)nc2ccccc2c1=O. The molecule has 8 nitrogen and oxygen atoms in total. The summed E-state index contributed by atoms with van der Waals surface area (Å²) in [6, 6.07) is 12.5. The van der Waals surface area contributed by atoms with Gasteiger partial charge in [-0.1, -0.05) is 37.7 Å². The molecule has 1 N–H and O–H groups in total. The van der Waals surface area contributed by atoms with Gasteiger partial charge in [-0.3, -0.25) is 14.2 Å². The maximum Gasteiger partial charge on any atom is 0.262 e. The molecule has 188 valence electrons. The number of carbonyl (C=O) groups excluding carboxylic acids is 1. The number of aromatic nitrogens is 2. The molecule has 1 aromatic heterocycles. The first-order chi connectivity index (χ1) is 16.9. The summed E-state index contributed by atoms with van der Waals surface area (Å²) in [6.45, 7) is 9.43. The zero-order valence-electron chi connectivity index (χ0n) is 21.0. The van der Waals surface area contributed by atoms with Crippen molar-refractivity contribution in [2.45, 2.75) is 44.1 Å². The van der Waals surface area contributed by atoms with E-state index in [-0.39, 0.29) is 11.5 Å². The summed E-state index contributed by atoms with van der Waals surface area (Å²) in [7, 11) is 3.12. The molecule has 0 aliphatic rings. The monoisotopic (exact) mass is 498 g/mol. The van der Waals surface area contributed by atoms with E-state index in [1.807, 2.05) is 18.2 Å². The fourth-order valence-corrected chi connectivity index (χ4v) is 4.70. The first-order valence-electron chi connectivity index (χ1n) is 11.8. The average Bonchev–Trinajstić information content (AvgIpc) is 2.87. The largest absolute Gasteiger partial charge is 0.497 e. The number of fused-ring (bicyclic) bond motifs is 1. The average molecular weight is 499 g/mol. The molecule has 3 aromatic rings. The van der Waals surface area contributed by atoms with E-state index in [1.165, 1.54) is 11.8 Å². The van der Waals surface area contributed by atoms with E-state index in [1.54, 1.807) is 50.0 Å². The molecule has 1 heterocycles. The molecular weight excluding hydrogens is 464 g/mol. The highest BCUT2D eigenvalue weighted by Crippen LogP contribution is 2.28. The van der Waals surface area contributed by atoms with Crippen LogP contribution < -0.4 is 20.3 Å². The maximum absolute atomic E-state index is 13.3. The number of rotatable bonds is 12. The van der Waals surface area contributed by atoms with E-state index < -0.39 is 5.25 Å². The second-order valence-corrected chi connectivity index (χ2v) is 9.41. The van der Waals surface area contributed by atoms with Crippen LogP contribution in [0.4, 0.5) is 5.69 Å². The topological polar surface area (TPSA) is 85.7 Å². The van der Waals surface area contributed by atoms with Crippen molar-refractivity contribution >= 4 is 34.3 Å². The Morgan fingerprint density at radius 3 is 2.40 bits per heavy atom. The van der Waals surface area contributed by atoms with Gasteiger partial charge in [-0.05, 0) is 45.1 Å². The minimum atomic E-state index is -0.491. The number of hydrogen-bond donors (Lipinski definition) is 1. The third kappa shape index (κ3) is 6.76. The van der Waals surface area contributed by atoms with Crippen molar-refractivity contribution < 1.29 is 14.3 Å². The second-order valence-electron chi connectivity index (χ2n) is 8.10. The lowest BCUT2D eigenvalue weighted by Gasteiger charge is -2.20. The van der Waals surface area contributed by atoms with E-state index >= 15 is 0 Å². The van der Waals surface area contributed by atoms with Crippen molar-refractivity contribution in [3.8, 4) is 11.5 Å². The number of hydrogen-bond acceptors (Lipinski definition) is 7. The van der Waals surface area contributed by atoms with Gasteiger partial charge in [0.15, 0.2) is 5.16 Å². The fraction of sp³-hybridized carbons (Fsp3) is 0.423. The van der Waals surface area contributed by atoms with Crippen molar-refractivity contribution in [1.82, 2.24) is 14.5 Å². The Morgan fingerprint density at radius 1 is 1.11 bits per heavy atom. The Balaban J connectivity index is 1.83. The van der Waals surface area contributed by atoms with E-state index in [4.69, 9.17) is 14.5 Å². The number of ether oxygens (including phenoxy) is 2. The van der Waals surface area contributed by atoms with E-state index in [2.05, 4.69) is 24.1 Å². The van der Waals surface area contributed by atoms with Gasteiger partial charge in [0.25, 0.3) is 5.56 Å². The lowest BCUT2D eigenvalue weighted by Crippen LogP contribution is -2.29. The van der Waals surface area contributed by atoms with E-state index in [0.29, 0.717) is 39.8 Å². The molecule has 1 atom stereocenters. The van der Waals surface area contributed by atoms with Crippen LogP contribution in [0.25, 0.3) is 10.9 Å². The van der Waals surface area contributed by atoms with Crippen molar-refractivity contribution in [3.05, 3.63) is 52.8 Å². The normalized spacial score (nSPS) is 12.1. The molecule has 0 saturated heterocycles. The maximum atomic E-state index is 13.3. The van der Waals surface area contributed by atoms with Gasteiger partial charge in [0, 0.05) is 30.4 Å². The van der Waals surface area contributed by atoms with Crippen LogP contribution >= 0.6 is 11.8 Å². The Bertz CT molecular complexity index is 1190. The highest BCUT2D eigenvalue weighted by molar-refractivity contribution is 8.00. The molecule has 1 amide bonds. The van der Waals surface area contributed by atoms with Crippen LogP contribution in [0.3, 0.4) is 0 Å². The number of nitrogens with one attached hydrogen (secondary N) is 1. The van der Waals surface area contributed by atoms with Crippen LogP contribution in [-0.2, 0) is 11.3 Å². The summed E-state index contributed by atoms with van der Waals surface area (Å²) < 4.78 is 12.3. The third-order valence-corrected chi connectivity index (χ3v) is 6.94. The standard InChI is InChI=1S/C26H34N4O4S/c1-6-29(7-2)13-10-14-30-25(32)22-11-8-9-12-23(22)28-26(30)35-18(3)24(31)27-19-15-20(33-4)17-21(16-19)34-5/h8-9,11-12,15-18H,6-7,10,13-14H2,1-5H3,(H,27,31). The zero-order valence-corrected chi connectivity index (χ0v) is 21.9. The summed E-state index contributed by atoms with van der Waals surface area (Å²) in [4.78, 5) is 33.4. The van der Waals surface area contributed by atoms with Crippen LogP contribution in [0.2, 0.25) is 0 Å². The molecule has 0 fully saturated rings. The van der Waals surface area contributed by atoms with Crippen LogP contribution in [0.5, 0.6) is 11.5 Å². The number of para-hydroxylation sites is 1. The molecule has 35 heavy (non-hydrogen) atoms. The first-order valence-corrected chi connectivity index (χ1v) is 12.7. The first kappa shape index (κ1) is 26.6. The molecular formula is C26H34N4O4S. The highest BCUT2D eigenvalue weighted by Gasteiger charge is 2.20. The van der Waals surface area contributed by atoms with Gasteiger partial charge in [-0.15, -0.1) is 0 Å². The van der Waals surface area contributed by atoms with Gasteiger partial charge in [-0.25, -0.2) is 4.98 Å². The Morgan fingerprint density at radius 2 is 1.77 bits per heavy atom. The molecule has 0 saturated carbocycles. The van der Waals surface area contributed by atoms with Crippen molar-refractivity contribution in [1.29, 1.82) is 0 Å². The number of benzene rings is 2. The zero-order chi connectivity index (χ0) is 25.4. The molecule has 0 radical (unpaired) electrons. The quantitative estimate of drug-likeness (QED) is 0.295. The third-order valence-electron chi connectivity index (χ3n) is 5.85. The number of amides is 1. The number of methoxy groups -OCH3 is 2. The second kappa shape index (κ2) is 12.6. The smallest absolute Gasteiger partial charge is 0.262 e. The highest BCUT2D eigenvalue weighted by atomic mass is 32.2. The van der Waals surface area contributed by atoms with Crippen molar-refractivity contribution in [2.24, 2.45) is 0 Å². The lowest BCUT2D eigenvalue weighted by molar-refractivity contribution is -0.115. The van der Waals surface area contributed by atoms with Crippen molar-refractivity contribution in [3.63, 3.8) is 0 Å². The number of carbonyl (C=O) groups is 1. The molecule has 0 spiro atoms. The van der Waals surface area contributed by atoms with E-state index in [0.717, 1.165) is 26.1 Å². The molecule has 0 aliphatic heterocycles. The molecule has 1 unspecified atom stereocenters. The predicted octanol–water partition coefficient (Wildman–Crippen LogP) is 4.26. The Kier molecular flexibility index (Phi) is 9.56. The molecule has 3 rings (SSSR count). The van der Waals surface area contributed by atoms with Crippen LogP contribution in [0.1, 0.15) is 27.2 Å². The van der Waals surface area contributed by atoms with E-state index in [9.17, 15) is 9.59 Å². The summed E-state index contributed by atoms with van der Waals surface area (Å²) in [6.07, 6.45) is 0.819. The Labute approximate surface area is 210 Å². The lowest BCUT2D eigenvalue weighted by atomic mass is 10.2. The number of nitrogens with zero attached hydrogens (tertiary/aromatic N) is 3. The van der Waals surface area contributed by atoms with Gasteiger partial charge >= 0.3 is 0 Å². The molecule has 0 aliphatic carbocycles. The minimum absolute atomic E-state index is 0.0808. The van der Waals surface area contributed by atoms with Gasteiger partial charge in [-0.2, -0.15) is 0 Å². The molecule has 9 heteroatoms. The van der Waals surface area contributed by atoms with Gasteiger partial charge < -0.3 is 19.7 Å². The fourth-order valence-electron chi connectivity index (χ4n) is 3.76. The van der Waals surface area contributed by atoms with Gasteiger partial charge in [0.2, 0.25) is 5.91 Å². The van der Waals surface area contributed by atoms with Gasteiger partial charge in [0.05, 0.1) is 30.4 Å².